The van der Waals surface area contributed by atoms with Gasteiger partial charge in [0.25, 0.3) is 10.0 Å². The fourth-order valence-corrected chi connectivity index (χ4v) is 4.47. The van der Waals surface area contributed by atoms with Crippen molar-refractivity contribution in [2.45, 2.75) is 32.1 Å². The molecule has 0 aliphatic carbocycles. The molecule has 0 aliphatic heterocycles. The molecule has 2 aromatic rings. The highest BCUT2D eigenvalue weighted by molar-refractivity contribution is 7.93. The summed E-state index contributed by atoms with van der Waals surface area (Å²) in [4.78, 5) is 16.4. The molecule has 2 rings (SSSR count). The molecule has 0 spiro atoms. The molecule has 1 aromatic heterocycles. The number of anilines is 1. The summed E-state index contributed by atoms with van der Waals surface area (Å²) in [6.07, 6.45) is 2.05. The Kier molecular flexibility index (Phi) is 6.42. The summed E-state index contributed by atoms with van der Waals surface area (Å²) in [5.41, 5.74) is 0.481. The van der Waals surface area contributed by atoms with Crippen molar-refractivity contribution >= 4 is 44.1 Å². The van der Waals surface area contributed by atoms with Crippen molar-refractivity contribution < 1.29 is 17.9 Å². The molecule has 0 unspecified atom stereocenters. The van der Waals surface area contributed by atoms with Crippen molar-refractivity contribution in [1.82, 2.24) is 4.98 Å². The topological polar surface area (TPSA) is 85.4 Å². The number of benzene rings is 1. The largest absolute Gasteiger partial charge is 0.465 e. The molecule has 0 aliphatic rings. The summed E-state index contributed by atoms with van der Waals surface area (Å²) >= 11 is 7.18. The fraction of sp³-hybridized carbons (Fsp3) is 0.375. The number of ether oxygens (including phenoxy) is 1. The number of rotatable bonds is 7. The normalized spacial score (nSPS) is 11.6. The first-order chi connectivity index (χ1) is 11.7. The molecule has 25 heavy (non-hydrogen) atoms. The second-order valence-corrected chi connectivity index (χ2v) is 8.85. The number of esters is 1. The quantitative estimate of drug-likeness (QED) is 0.714. The van der Waals surface area contributed by atoms with Crippen molar-refractivity contribution in [3.63, 3.8) is 0 Å². The number of hydrogen-bond donors (Lipinski definition) is 1. The maximum absolute atomic E-state index is 12.5. The van der Waals surface area contributed by atoms with Crippen LogP contribution in [0.2, 0.25) is 5.02 Å². The van der Waals surface area contributed by atoms with E-state index < -0.39 is 10.0 Å². The van der Waals surface area contributed by atoms with Gasteiger partial charge in [0, 0.05) is 22.5 Å². The average molecular weight is 403 g/mol. The lowest BCUT2D eigenvalue weighted by Crippen LogP contribution is -2.14. The molecule has 0 bridgehead atoms. The summed E-state index contributed by atoms with van der Waals surface area (Å²) in [5.74, 6) is -0.438. The molecular formula is C16H19ClN2O4S2. The standard InChI is InChI=1S/C16H19ClN2O4S2/c1-10(2)15(20)23-8-7-12-9-18-16(24-12)19-25(21,22)14-6-4-5-13(17)11(14)3/h4-6,9-10H,7-8H2,1-3H3,(H,18,19). The third-order valence-corrected chi connectivity index (χ3v) is 6.34. The summed E-state index contributed by atoms with van der Waals surface area (Å²) in [6.45, 7) is 5.41. The number of sulfonamides is 1. The van der Waals surface area contributed by atoms with Gasteiger partial charge in [-0.15, -0.1) is 11.3 Å². The van der Waals surface area contributed by atoms with Gasteiger partial charge < -0.3 is 4.74 Å². The number of halogens is 1. The Bertz CT molecular complexity index is 863. The lowest BCUT2D eigenvalue weighted by atomic mass is 10.2. The van der Waals surface area contributed by atoms with Crippen LogP contribution in [0, 0.1) is 12.8 Å². The van der Waals surface area contributed by atoms with E-state index in [1.807, 2.05) is 0 Å². The number of thiazole rings is 1. The van der Waals surface area contributed by atoms with E-state index in [4.69, 9.17) is 16.3 Å². The van der Waals surface area contributed by atoms with Crippen LogP contribution in [0.3, 0.4) is 0 Å². The van der Waals surface area contributed by atoms with Gasteiger partial charge in [-0.3, -0.25) is 9.52 Å². The number of carbonyl (C=O) groups is 1. The van der Waals surface area contributed by atoms with Crippen LogP contribution in [0.4, 0.5) is 5.13 Å². The maximum atomic E-state index is 12.5. The molecule has 1 N–H and O–H groups in total. The number of nitrogens with one attached hydrogen (secondary N) is 1. The fourth-order valence-electron chi connectivity index (χ4n) is 1.94. The van der Waals surface area contributed by atoms with E-state index in [1.165, 1.54) is 17.4 Å². The first kappa shape index (κ1) is 19.7. The van der Waals surface area contributed by atoms with Gasteiger partial charge in [0.2, 0.25) is 0 Å². The number of nitrogens with zero attached hydrogens (tertiary/aromatic N) is 1. The van der Waals surface area contributed by atoms with Crippen molar-refractivity contribution in [3.05, 3.63) is 39.9 Å². The lowest BCUT2D eigenvalue weighted by molar-refractivity contribution is -0.147. The molecule has 0 atom stereocenters. The van der Waals surface area contributed by atoms with Gasteiger partial charge in [-0.1, -0.05) is 31.5 Å². The first-order valence-corrected chi connectivity index (χ1v) is 10.3. The van der Waals surface area contributed by atoms with Gasteiger partial charge in [-0.05, 0) is 24.6 Å². The van der Waals surface area contributed by atoms with Crippen LogP contribution in [0.5, 0.6) is 0 Å². The Balaban J connectivity index is 2.03. The van der Waals surface area contributed by atoms with E-state index in [0.717, 1.165) is 4.88 Å². The summed E-state index contributed by atoms with van der Waals surface area (Å²) in [7, 11) is -3.77. The summed E-state index contributed by atoms with van der Waals surface area (Å²) < 4.78 is 32.5. The van der Waals surface area contributed by atoms with Crippen molar-refractivity contribution in [3.8, 4) is 0 Å². The molecular weight excluding hydrogens is 384 g/mol. The third kappa shape index (κ3) is 5.17. The molecule has 0 saturated heterocycles. The zero-order valence-corrected chi connectivity index (χ0v) is 16.5. The van der Waals surface area contributed by atoms with E-state index in [1.54, 1.807) is 39.1 Å². The predicted molar refractivity (Wildman–Crippen MR) is 98.6 cm³/mol. The molecule has 1 heterocycles. The minimum Gasteiger partial charge on any atom is -0.465 e. The minimum absolute atomic E-state index is 0.114. The second-order valence-electron chi connectivity index (χ2n) is 5.67. The zero-order valence-electron chi connectivity index (χ0n) is 14.1. The molecule has 1 aromatic carbocycles. The Morgan fingerprint density at radius 2 is 2.12 bits per heavy atom. The smallest absolute Gasteiger partial charge is 0.308 e. The van der Waals surface area contributed by atoms with E-state index in [-0.39, 0.29) is 28.5 Å². The summed E-state index contributed by atoms with van der Waals surface area (Å²) in [5, 5.41) is 0.638. The van der Waals surface area contributed by atoms with Crippen LogP contribution in [-0.4, -0.2) is 26.0 Å². The molecule has 0 fully saturated rings. The summed E-state index contributed by atoms with van der Waals surface area (Å²) in [6, 6.07) is 4.71. The van der Waals surface area contributed by atoms with E-state index in [9.17, 15) is 13.2 Å². The molecule has 9 heteroatoms. The first-order valence-electron chi connectivity index (χ1n) is 7.60. The van der Waals surface area contributed by atoms with Crippen LogP contribution in [0.15, 0.2) is 29.3 Å². The van der Waals surface area contributed by atoms with Crippen LogP contribution in [-0.2, 0) is 26.0 Å². The van der Waals surface area contributed by atoms with E-state index in [0.29, 0.717) is 17.0 Å². The van der Waals surface area contributed by atoms with Crippen molar-refractivity contribution in [2.75, 3.05) is 11.3 Å². The number of carbonyl (C=O) groups excluding carboxylic acids is 1. The predicted octanol–water partition coefficient (Wildman–Crippen LogP) is 3.65. The van der Waals surface area contributed by atoms with Crippen molar-refractivity contribution in [1.29, 1.82) is 0 Å². The Hall–Kier alpha value is -1.64. The lowest BCUT2D eigenvalue weighted by Gasteiger charge is -2.09. The van der Waals surface area contributed by atoms with Gasteiger partial charge in [-0.2, -0.15) is 0 Å². The molecule has 0 amide bonds. The van der Waals surface area contributed by atoms with E-state index in [2.05, 4.69) is 9.71 Å². The SMILES string of the molecule is Cc1c(Cl)cccc1S(=O)(=O)Nc1ncc(CCOC(=O)C(C)C)s1. The van der Waals surface area contributed by atoms with Crippen LogP contribution in [0.25, 0.3) is 0 Å². The number of aromatic nitrogens is 1. The van der Waals surface area contributed by atoms with Gasteiger partial charge in [-0.25, -0.2) is 13.4 Å². The Morgan fingerprint density at radius 3 is 2.80 bits per heavy atom. The highest BCUT2D eigenvalue weighted by Gasteiger charge is 2.19. The van der Waals surface area contributed by atoms with Crippen molar-refractivity contribution in [2.24, 2.45) is 5.92 Å². The third-order valence-electron chi connectivity index (χ3n) is 3.35. The molecule has 136 valence electrons. The molecule has 6 nitrogen and oxygen atoms in total. The average Bonchev–Trinajstić information content (AvgIpc) is 2.96. The van der Waals surface area contributed by atoms with Crippen LogP contribution in [0.1, 0.15) is 24.3 Å². The zero-order chi connectivity index (χ0) is 18.6. The van der Waals surface area contributed by atoms with Gasteiger partial charge in [0.15, 0.2) is 5.13 Å². The molecule has 0 radical (unpaired) electrons. The van der Waals surface area contributed by atoms with Gasteiger partial charge >= 0.3 is 5.97 Å². The van der Waals surface area contributed by atoms with Crippen LogP contribution < -0.4 is 4.72 Å². The van der Waals surface area contributed by atoms with Crippen LogP contribution >= 0.6 is 22.9 Å². The highest BCUT2D eigenvalue weighted by Crippen LogP contribution is 2.26. The van der Waals surface area contributed by atoms with Gasteiger partial charge in [0.1, 0.15) is 0 Å². The maximum Gasteiger partial charge on any atom is 0.308 e. The molecule has 0 saturated carbocycles. The second kappa shape index (κ2) is 8.16. The van der Waals surface area contributed by atoms with Gasteiger partial charge in [0.05, 0.1) is 17.4 Å². The number of hydrogen-bond acceptors (Lipinski definition) is 6. The minimum atomic E-state index is -3.77. The Morgan fingerprint density at radius 1 is 1.40 bits per heavy atom. The highest BCUT2D eigenvalue weighted by atomic mass is 35.5. The Labute approximate surface area is 156 Å². The van der Waals surface area contributed by atoms with E-state index >= 15 is 0 Å². The monoisotopic (exact) mass is 402 g/mol.